The Morgan fingerprint density at radius 3 is 2.23 bits per heavy atom. The summed E-state index contributed by atoms with van der Waals surface area (Å²) in [5, 5.41) is 0. The number of nitrogens with zero attached hydrogens (tertiary/aromatic N) is 1. The topological polar surface area (TPSA) is 81.9 Å². The van der Waals surface area contributed by atoms with Crippen molar-refractivity contribution in [1.82, 2.24) is 4.31 Å². The van der Waals surface area contributed by atoms with E-state index in [1.165, 1.54) is 30.7 Å². The Balaban J connectivity index is 0.00000338. The second-order valence-corrected chi connectivity index (χ2v) is 7.42. The molecule has 0 aromatic heterocycles. The molecule has 26 heavy (non-hydrogen) atoms. The van der Waals surface area contributed by atoms with Crippen LogP contribution in [-0.2, 0) is 16.6 Å². The van der Waals surface area contributed by atoms with Gasteiger partial charge in [0.1, 0.15) is 0 Å². The van der Waals surface area contributed by atoms with Crippen LogP contribution in [0.1, 0.15) is 12.0 Å². The van der Waals surface area contributed by atoms with E-state index in [0.29, 0.717) is 31.0 Å². The molecule has 0 saturated carbocycles. The van der Waals surface area contributed by atoms with Crippen LogP contribution in [0.4, 0.5) is 0 Å². The first-order chi connectivity index (χ1) is 12.0. The van der Waals surface area contributed by atoms with E-state index in [-0.39, 0.29) is 23.8 Å². The quantitative estimate of drug-likeness (QED) is 0.699. The molecule has 6 nitrogen and oxygen atoms in total. The molecule has 0 spiro atoms. The number of halogens is 1. The lowest BCUT2D eigenvalue weighted by Gasteiger charge is -2.22. The Morgan fingerprint density at radius 2 is 1.65 bits per heavy atom. The van der Waals surface area contributed by atoms with Crippen LogP contribution in [0.3, 0.4) is 0 Å². The van der Waals surface area contributed by atoms with E-state index >= 15 is 0 Å². The molecule has 144 valence electrons. The molecule has 0 unspecified atom stereocenters. The maximum atomic E-state index is 13.1. The van der Waals surface area contributed by atoms with Crippen molar-refractivity contribution in [3.8, 4) is 11.5 Å². The first kappa shape index (κ1) is 22.2. The number of sulfonamides is 1. The second-order valence-electron chi connectivity index (χ2n) is 5.48. The van der Waals surface area contributed by atoms with Gasteiger partial charge in [0.05, 0.1) is 19.1 Å². The molecule has 0 bridgehead atoms. The van der Waals surface area contributed by atoms with Crippen LogP contribution in [0.25, 0.3) is 0 Å². The van der Waals surface area contributed by atoms with E-state index in [9.17, 15) is 8.42 Å². The third-order valence-electron chi connectivity index (χ3n) is 3.81. The highest BCUT2D eigenvalue weighted by atomic mass is 35.5. The van der Waals surface area contributed by atoms with Crippen molar-refractivity contribution >= 4 is 22.4 Å². The molecular formula is C18H25ClN2O4S. The monoisotopic (exact) mass is 400 g/mol. The number of hydrogen-bond acceptors (Lipinski definition) is 5. The Morgan fingerprint density at radius 1 is 1.00 bits per heavy atom. The zero-order valence-corrected chi connectivity index (χ0v) is 16.6. The maximum Gasteiger partial charge on any atom is 0.243 e. The fourth-order valence-corrected chi connectivity index (χ4v) is 3.95. The average Bonchev–Trinajstić information content (AvgIpc) is 2.65. The van der Waals surface area contributed by atoms with Gasteiger partial charge in [-0.1, -0.05) is 30.3 Å². The second kappa shape index (κ2) is 10.4. The van der Waals surface area contributed by atoms with Crippen molar-refractivity contribution in [1.29, 1.82) is 0 Å². The van der Waals surface area contributed by atoms with Crippen LogP contribution in [0.5, 0.6) is 11.5 Å². The summed E-state index contributed by atoms with van der Waals surface area (Å²) < 4.78 is 38.0. The predicted molar refractivity (Wildman–Crippen MR) is 105 cm³/mol. The summed E-state index contributed by atoms with van der Waals surface area (Å²) in [6.07, 6.45) is 0.583. The van der Waals surface area contributed by atoms with Crippen molar-refractivity contribution in [3.05, 3.63) is 54.1 Å². The van der Waals surface area contributed by atoms with Crippen LogP contribution in [0.15, 0.2) is 53.4 Å². The van der Waals surface area contributed by atoms with E-state index in [0.717, 1.165) is 5.56 Å². The highest BCUT2D eigenvalue weighted by Crippen LogP contribution is 2.31. The van der Waals surface area contributed by atoms with Gasteiger partial charge in [-0.25, -0.2) is 8.42 Å². The zero-order valence-electron chi connectivity index (χ0n) is 14.9. The highest BCUT2D eigenvalue weighted by molar-refractivity contribution is 7.89. The van der Waals surface area contributed by atoms with Crippen LogP contribution < -0.4 is 15.2 Å². The maximum absolute atomic E-state index is 13.1. The molecule has 0 aliphatic carbocycles. The summed E-state index contributed by atoms with van der Waals surface area (Å²) >= 11 is 0. The van der Waals surface area contributed by atoms with Crippen molar-refractivity contribution in [2.75, 3.05) is 27.3 Å². The zero-order chi connectivity index (χ0) is 18.3. The van der Waals surface area contributed by atoms with Crippen molar-refractivity contribution in [2.45, 2.75) is 17.9 Å². The van der Waals surface area contributed by atoms with Gasteiger partial charge in [0.2, 0.25) is 10.0 Å². The molecule has 0 aliphatic heterocycles. The molecule has 2 aromatic rings. The fraction of sp³-hybridized carbons (Fsp3) is 0.333. The number of ether oxygens (including phenoxy) is 2. The van der Waals surface area contributed by atoms with Crippen molar-refractivity contribution < 1.29 is 17.9 Å². The minimum absolute atomic E-state index is 0. The molecule has 0 aliphatic rings. The summed E-state index contributed by atoms with van der Waals surface area (Å²) in [4.78, 5) is 0.165. The van der Waals surface area contributed by atoms with Gasteiger partial charge < -0.3 is 15.2 Å². The molecule has 2 N–H and O–H groups in total. The first-order valence-electron chi connectivity index (χ1n) is 7.99. The number of rotatable bonds is 9. The Hall–Kier alpha value is -1.80. The van der Waals surface area contributed by atoms with E-state index in [1.54, 1.807) is 6.07 Å². The number of nitrogens with two attached hydrogens (primary N) is 1. The lowest BCUT2D eigenvalue weighted by Crippen LogP contribution is -2.32. The van der Waals surface area contributed by atoms with Gasteiger partial charge in [-0.05, 0) is 30.7 Å². The summed E-state index contributed by atoms with van der Waals surface area (Å²) in [5.41, 5.74) is 6.50. The lowest BCUT2D eigenvalue weighted by atomic mass is 10.2. The molecule has 0 fully saturated rings. The fourth-order valence-electron chi connectivity index (χ4n) is 2.46. The SMILES string of the molecule is COc1ccc(S(=O)(=O)N(CCCN)Cc2ccccc2)cc1OC.Cl. The van der Waals surface area contributed by atoms with E-state index < -0.39 is 10.0 Å². The minimum atomic E-state index is -3.69. The van der Waals surface area contributed by atoms with Crippen LogP contribution in [0.2, 0.25) is 0 Å². The average molecular weight is 401 g/mol. The van der Waals surface area contributed by atoms with Crippen LogP contribution >= 0.6 is 12.4 Å². The molecule has 0 radical (unpaired) electrons. The Kier molecular flexibility index (Phi) is 8.87. The van der Waals surface area contributed by atoms with Gasteiger partial charge in [-0.15, -0.1) is 12.4 Å². The number of benzene rings is 2. The Labute approximate surface area is 161 Å². The van der Waals surface area contributed by atoms with Gasteiger partial charge in [0.25, 0.3) is 0 Å². The van der Waals surface area contributed by atoms with E-state index in [4.69, 9.17) is 15.2 Å². The van der Waals surface area contributed by atoms with Gasteiger partial charge >= 0.3 is 0 Å². The smallest absolute Gasteiger partial charge is 0.243 e. The van der Waals surface area contributed by atoms with E-state index in [1.807, 2.05) is 30.3 Å². The van der Waals surface area contributed by atoms with E-state index in [2.05, 4.69) is 0 Å². The Bertz CT molecular complexity index is 785. The molecule has 0 heterocycles. The highest BCUT2D eigenvalue weighted by Gasteiger charge is 2.25. The minimum Gasteiger partial charge on any atom is -0.493 e. The molecule has 0 amide bonds. The van der Waals surface area contributed by atoms with Crippen molar-refractivity contribution in [3.63, 3.8) is 0 Å². The summed E-state index contributed by atoms with van der Waals surface area (Å²) in [5.74, 6) is 0.861. The van der Waals surface area contributed by atoms with Crippen LogP contribution in [0, 0.1) is 0 Å². The number of methoxy groups -OCH3 is 2. The molecule has 0 saturated heterocycles. The number of hydrogen-bond donors (Lipinski definition) is 1. The first-order valence-corrected chi connectivity index (χ1v) is 9.43. The summed E-state index contributed by atoms with van der Waals surface area (Å²) in [6.45, 7) is 1.06. The van der Waals surface area contributed by atoms with Gasteiger partial charge in [-0.3, -0.25) is 0 Å². The third kappa shape index (κ3) is 5.35. The molecule has 2 aromatic carbocycles. The summed E-state index contributed by atoms with van der Waals surface area (Å²) in [7, 11) is -0.701. The van der Waals surface area contributed by atoms with Crippen LogP contribution in [-0.4, -0.2) is 40.0 Å². The normalized spacial score (nSPS) is 11.1. The standard InChI is InChI=1S/C18H24N2O4S.ClH/c1-23-17-10-9-16(13-18(17)24-2)25(21,22)20(12-6-11-19)14-15-7-4-3-5-8-15;/h3-5,7-10,13H,6,11-12,14,19H2,1-2H3;1H. The molecule has 0 atom stereocenters. The third-order valence-corrected chi connectivity index (χ3v) is 5.65. The largest absolute Gasteiger partial charge is 0.493 e. The lowest BCUT2D eigenvalue weighted by molar-refractivity contribution is 0.353. The predicted octanol–water partition coefficient (Wildman–Crippen LogP) is 2.67. The van der Waals surface area contributed by atoms with Gasteiger partial charge in [0, 0.05) is 19.2 Å². The molecule has 2 rings (SSSR count). The summed E-state index contributed by atoms with van der Waals surface area (Å²) in [6, 6.07) is 14.1. The van der Waals surface area contributed by atoms with Gasteiger partial charge in [-0.2, -0.15) is 4.31 Å². The van der Waals surface area contributed by atoms with Gasteiger partial charge in [0.15, 0.2) is 11.5 Å². The molecular weight excluding hydrogens is 376 g/mol. The van der Waals surface area contributed by atoms with Crippen molar-refractivity contribution in [2.24, 2.45) is 5.73 Å². The molecule has 8 heteroatoms.